The van der Waals surface area contributed by atoms with Gasteiger partial charge in [-0.15, -0.1) is 0 Å². The topological polar surface area (TPSA) is 29.1 Å². The van der Waals surface area contributed by atoms with E-state index in [9.17, 15) is 4.79 Å². The number of rotatable bonds is 5. The quantitative estimate of drug-likeness (QED) is 0.818. The standard InChI is InChI=1S/C12H15BrClNO/c1-2-3-4-8-15-12(16)9-6-5-7-10(13)11(9)14/h5-7H,2-4,8H2,1H3,(H,15,16). The minimum Gasteiger partial charge on any atom is -0.352 e. The van der Waals surface area contributed by atoms with Gasteiger partial charge >= 0.3 is 0 Å². The molecule has 1 aromatic carbocycles. The Hall–Kier alpha value is -0.540. The summed E-state index contributed by atoms with van der Waals surface area (Å²) in [5.74, 6) is -0.109. The molecule has 0 unspecified atom stereocenters. The molecule has 0 atom stereocenters. The van der Waals surface area contributed by atoms with Crippen LogP contribution >= 0.6 is 27.5 Å². The first-order valence-corrected chi connectivity index (χ1v) is 6.56. The molecule has 0 saturated heterocycles. The van der Waals surface area contributed by atoms with Crippen LogP contribution in [0.4, 0.5) is 0 Å². The number of hydrogen-bond donors (Lipinski definition) is 1. The lowest BCUT2D eigenvalue weighted by atomic mass is 10.2. The van der Waals surface area contributed by atoms with E-state index in [0.717, 1.165) is 23.7 Å². The molecule has 0 aliphatic heterocycles. The summed E-state index contributed by atoms with van der Waals surface area (Å²) in [6.45, 7) is 2.84. The van der Waals surface area contributed by atoms with Gasteiger partial charge in [0.25, 0.3) is 5.91 Å². The third kappa shape index (κ3) is 3.80. The molecule has 0 radical (unpaired) electrons. The molecule has 0 spiro atoms. The van der Waals surface area contributed by atoms with Gasteiger partial charge in [-0.05, 0) is 34.5 Å². The number of carbonyl (C=O) groups excluding carboxylic acids is 1. The number of amides is 1. The summed E-state index contributed by atoms with van der Waals surface area (Å²) in [5, 5.41) is 3.33. The summed E-state index contributed by atoms with van der Waals surface area (Å²) in [4.78, 5) is 11.8. The van der Waals surface area contributed by atoms with Crippen LogP contribution in [0.1, 0.15) is 36.5 Å². The molecule has 0 fully saturated rings. The average molecular weight is 305 g/mol. The maximum atomic E-state index is 11.8. The monoisotopic (exact) mass is 303 g/mol. The maximum absolute atomic E-state index is 11.8. The van der Waals surface area contributed by atoms with Crippen LogP contribution in [0.25, 0.3) is 0 Å². The van der Waals surface area contributed by atoms with Gasteiger partial charge in [-0.1, -0.05) is 37.4 Å². The van der Waals surface area contributed by atoms with E-state index in [1.807, 2.05) is 6.07 Å². The lowest BCUT2D eigenvalue weighted by Gasteiger charge is -2.07. The minimum atomic E-state index is -0.109. The van der Waals surface area contributed by atoms with Gasteiger partial charge in [-0.3, -0.25) is 4.79 Å². The Kier molecular flexibility index (Phi) is 5.85. The van der Waals surface area contributed by atoms with Crippen LogP contribution in [-0.4, -0.2) is 12.5 Å². The van der Waals surface area contributed by atoms with Crippen molar-refractivity contribution >= 4 is 33.4 Å². The van der Waals surface area contributed by atoms with E-state index in [2.05, 4.69) is 28.2 Å². The summed E-state index contributed by atoms with van der Waals surface area (Å²) in [5.41, 5.74) is 0.521. The zero-order chi connectivity index (χ0) is 12.0. The lowest BCUT2D eigenvalue weighted by molar-refractivity contribution is 0.0953. The maximum Gasteiger partial charge on any atom is 0.252 e. The lowest BCUT2D eigenvalue weighted by Crippen LogP contribution is -2.24. The summed E-state index contributed by atoms with van der Waals surface area (Å²) in [7, 11) is 0. The van der Waals surface area contributed by atoms with E-state index in [1.165, 1.54) is 0 Å². The van der Waals surface area contributed by atoms with E-state index >= 15 is 0 Å². The summed E-state index contributed by atoms with van der Waals surface area (Å²) < 4.78 is 0.746. The molecular weight excluding hydrogens is 289 g/mol. The van der Waals surface area contributed by atoms with Gasteiger partial charge in [0.05, 0.1) is 10.6 Å². The van der Waals surface area contributed by atoms with Gasteiger partial charge in [0.1, 0.15) is 0 Å². The summed E-state index contributed by atoms with van der Waals surface area (Å²) in [6, 6.07) is 5.34. The Morgan fingerprint density at radius 1 is 1.44 bits per heavy atom. The highest BCUT2D eigenvalue weighted by Gasteiger charge is 2.11. The molecule has 0 aromatic heterocycles. The van der Waals surface area contributed by atoms with Crippen LogP contribution in [0, 0.1) is 0 Å². The highest BCUT2D eigenvalue weighted by atomic mass is 79.9. The van der Waals surface area contributed by atoms with Crippen molar-refractivity contribution in [1.82, 2.24) is 5.32 Å². The number of nitrogens with one attached hydrogen (secondary N) is 1. The Balaban J connectivity index is 2.56. The normalized spacial score (nSPS) is 10.2. The van der Waals surface area contributed by atoms with Crippen molar-refractivity contribution in [2.45, 2.75) is 26.2 Å². The fraction of sp³-hybridized carbons (Fsp3) is 0.417. The van der Waals surface area contributed by atoms with Crippen molar-refractivity contribution in [3.63, 3.8) is 0 Å². The van der Waals surface area contributed by atoms with Crippen LogP contribution in [0.5, 0.6) is 0 Å². The first-order chi connectivity index (χ1) is 7.66. The van der Waals surface area contributed by atoms with E-state index < -0.39 is 0 Å². The number of unbranched alkanes of at least 4 members (excludes halogenated alkanes) is 2. The first kappa shape index (κ1) is 13.5. The predicted octanol–water partition coefficient (Wildman–Crippen LogP) is 4.02. The average Bonchev–Trinajstić information content (AvgIpc) is 2.28. The van der Waals surface area contributed by atoms with Crippen molar-refractivity contribution in [3.05, 3.63) is 33.3 Å². The smallest absolute Gasteiger partial charge is 0.252 e. The van der Waals surface area contributed by atoms with Gasteiger partial charge in [0.2, 0.25) is 0 Å². The van der Waals surface area contributed by atoms with Crippen molar-refractivity contribution in [2.24, 2.45) is 0 Å². The molecule has 1 amide bonds. The molecule has 0 aliphatic rings. The van der Waals surface area contributed by atoms with E-state index in [1.54, 1.807) is 12.1 Å². The zero-order valence-corrected chi connectivity index (χ0v) is 11.6. The molecular formula is C12H15BrClNO. The number of halogens is 2. The molecule has 0 aliphatic carbocycles. The Morgan fingerprint density at radius 2 is 2.19 bits per heavy atom. The van der Waals surface area contributed by atoms with Gasteiger partial charge in [-0.2, -0.15) is 0 Å². The van der Waals surface area contributed by atoms with Gasteiger partial charge in [0.15, 0.2) is 0 Å². The zero-order valence-electron chi connectivity index (χ0n) is 9.22. The van der Waals surface area contributed by atoms with E-state index in [0.29, 0.717) is 17.1 Å². The van der Waals surface area contributed by atoms with E-state index in [4.69, 9.17) is 11.6 Å². The van der Waals surface area contributed by atoms with Crippen LogP contribution in [0.15, 0.2) is 22.7 Å². The molecule has 16 heavy (non-hydrogen) atoms. The predicted molar refractivity (Wildman–Crippen MR) is 71.0 cm³/mol. The molecule has 0 bridgehead atoms. The number of carbonyl (C=O) groups is 1. The van der Waals surface area contributed by atoms with Gasteiger partial charge < -0.3 is 5.32 Å². The van der Waals surface area contributed by atoms with Crippen LogP contribution in [-0.2, 0) is 0 Å². The molecule has 88 valence electrons. The highest BCUT2D eigenvalue weighted by Crippen LogP contribution is 2.25. The molecule has 0 heterocycles. The molecule has 4 heteroatoms. The third-order valence-corrected chi connectivity index (χ3v) is 3.56. The minimum absolute atomic E-state index is 0.109. The van der Waals surface area contributed by atoms with Gasteiger partial charge in [0, 0.05) is 11.0 Å². The van der Waals surface area contributed by atoms with Gasteiger partial charge in [-0.25, -0.2) is 0 Å². The molecule has 1 aromatic rings. The Bertz CT molecular complexity index is 368. The summed E-state index contributed by atoms with van der Waals surface area (Å²) in [6.07, 6.45) is 3.29. The van der Waals surface area contributed by atoms with Crippen molar-refractivity contribution in [2.75, 3.05) is 6.54 Å². The Morgan fingerprint density at radius 3 is 2.88 bits per heavy atom. The van der Waals surface area contributed by atoms with Crippen molar-refractivity contribution in [3.8, 4) is 0 Å². The highest BCUT2D eigenvalue weighted by molar-refractivity contribution is 9.10. The fourth-order valence-electron chi connectivity index (χ4n) is 1.35. The van der Waals surface area contributed by atoms with Crippen molar-refractivity contribution < 1.29 is 4.79 Å². The Labute approximate surface area is 110 Å². The first-order valence-electron chi connectivity index (χ1n) is 5.39. The summed E-state index contributed by atoms with van der Waals surface area (Å²) >= 11 is 9.32. The second kappa shape index (κ2) is 6.92. The second-order valence-corrected chi connectivity index (χ2v) is 4.80. The van der Waals surface area contributed by atoms with Crippen LogP contribution < -0.4 is 5.32 Å². The largest absolute Gasteiger partial charge is 0.352 e. The fourth-order valence-corrected chi connectivity index (χ4v) is 1.93. The number of hydrogen-bond acceptors (Lipinski definition) is 1. The van der Waals surface area contributed by atoms with Crippen LogP contribution in [0.2, 0.25) is 5.02 Å². The second-order valence-electron chi connectivity index (χ2n) is 3.56. The van der Waals surface area contributed by atoms with E-state index in [-0.39, 0.29) is 5.91 Å². The molecule has 1 N–H and O–H groups in total. The van der Waals surface area contributed by atoms with Crippen LogP contribution in [0.3, 0.4) is 0 Å². The SMILES string of the molecule is CCCCCNC(=O)c1cccc(Br)c1Cl. The third-order valence-electron chi connectivity index (χ3n) is 2.26. The molecule has 1 rings (SSSR count). The number of benzene rings is 1. The van der Waals surface area contributed by atoms with Crippen molar-refractivity contribution in [1.29, 1.82) is 0 Å². The molecule has 0 saturated carbocycles. The molecule has 2 nitrogen and oxygen atoms in total.